The molecule has 5 aliphatic rings. The number of carboxylic acids is 1. The normalized spacial score (nSPS) is 40.1. The first-order valence-electron chi connectivity index (χ1n) is 23.8. The fourth-order valence-electron chi connectivity index (χ4n) is 11.5. The summed E-state index contributed by atoms with van der Waals surface area (Å²) >= 11 is 18.4. The molecule has 0 saturated carbocycles. The van der Waals surface area contributed by atoms with Crippen molar-refractivity contribution in [3.8, 4) is 0 Å². The van der Waals surface area contributed by atoms with Crippen molar-refractivity contribution in [1.29, 1.82) is 0 Å². The minimum atomic E-state index is -1.28. The number of aliphatic carboxylic acids is 1. The molecule has 1 aromatic rings. The number of ether oxygens (including phenoxy) is 5. The van der Waals surface area contributed by atoms with Gasteiger partial charge in [-0.1, -0.05) is 84.7 Å². The summed E-state index contributed by atoms with van der Waals surface area (Å²) in [6.45, 7) is 19.8. The zero-order valence-electron chi connectivity index (χ0n) is 39.4. The van der Waals surface area contributed by atoms with Gasteiger partial charge in [0.05, 0.1) is 63.8 Å². The van der Waals surface area contributed by atoms with E-state index in [4.69, 9.17) is 59.1 Å². The third kappa shape index (κ3) is 10.2. The van der Waals surface area contributed by atoms with Gasteiger partial charge in [-0.05, 0) is 120 Å². The summed E-state index contributed by atoms with van der Waals surface area (Å²) in [5, 5.41) is 40.9. The molecule has 18 atom stereocenters. The number of ketones is 1. The quantitative estimate of drug-likeness (QED) is 0.0886. The summed E-state index contributed by atoms with van der Waals surface area (Å²) in [5.41, 5.74) is -1.04. The lowest BCUT2D eigenvalue weighted by atomic mass is 9.72. The molecule has 0 radical (unpaired) electrons. The van der Waals surface area contributed by atoms with Gasteiger partial charge in [0.2, 0.25) is 0 Å². The molecule has 15 heteroatoms. The Balaban J connectivity index is 1.25. The number of nitrogens with one attached hydrogen (secondary N) is 2. The first-order chi connectivity index (χ1) is 30.1. The fraction of sp³-hybridized carbons (Fsp3) is 0.776. The Hall–Kier alpha value is -1.91. The molecule has 0 amide bonds. The molecule has 5 heterocycles. The molecule has 1 aromatic carbocycles. The second-order valence-electron chi connectivity index (χ2n) is 20.2. The van der Waals surface area contributed by atoms with Crippen LogP contribution in [0.5, 0.6) is 0 Å². The van der Waals surface area contributed by atoms with Crippen LogP contribution in [-0.4, -0.2) is 97.6 Å². The van der Waals surface area contributed by atoms with E-state index < -0.39 is 82.9 Å². The number of halogens is 2. The summed E-state index contributed by atoms with van der Waals surface area (Å²) < 4.78 is 34.8. The van der Waals surface area contributed by atoms with Crippen molar-refractivity contribution in [1.82, 2.24) is 5.32 Å². The zero-order chi connectivity index (χ0) is 47.1. The van der Waals surface area contributed by atoms with Crippen LogP contribution >= 0.6 is 35.4 Å². The van der Waals surface area contributed by atoms with Crippen LogP contribution in [-0.2, 0) is 33.3 Å². The highest BCUT2D eigenvalue weighted by molar-refractivity contribution is 7.80. The van der Waals surface area contributed by atoms with E-state index in [1.165, 1.54) is 0 Å². The van der Waals surface area contributed by atoms with Crippen LogP contribution in [0.25, 0.3) is 0 Å². The van der Waals surface area contributed by atoms with E-state index in [2.05, 4.69) is 38.3 Å². The maximum Gasteiger partial charge on any atom is 0.309 e. The molecule has 0 aliphatic carbocycles. The Morgan fingerprint density at radius 3 is 2.25 bits per heavy atom. The molecule has 0 aromatic heterocycles. The van der Waals surface area contributed by atoms with Crippen LogP contribution in [0.1, 0.15) is 133 Å². The van der Waals surface area contributed by atoms with Crippen molar-refractivity contribution in [2.45, 2.75) is 199 Å². The van der Waals surface area contributed by atoms with Gasteiger partial charge in [0, 0.05) is 35.8 Å². The van der Waals surface area contributed by atoms with Gasteiger partial charge < -0.3 is 49.6 Å². The number of thiocarbonyl (C=S) groups is 1. The number of benzene rings is 1. The monoisotopic (exact) mass is 952 g/mol. The van der Waals surface area contributed by atoms with Crippen molar-refractivity contribution in [3.05, 3.63) is 40.4 Å². The van der Waals surface area contributed by atoms with Crippen LogP contribution in [0.15, 0.2) is 30.4 Å². The van der Waals surface area contributed by atoms with Crippen molar-refractivity contribution >= 4 is 58.0 Å². The largest absolute Gasteiger partial charge is 0.481 e. The summed E-state index contributed by atoms with van der Waals surface area (Å²) in [7, 11) is 0. The molecule has 12 nitrogen and oxygen atoms in total. The predicted molar refractivity (Wildman–Crippen MR) is 252 cm³/mol. The Bertz CT molecular complexity index is 1880. The lowest BCUT2D eigenvalue weighted by Crippen LogP contribution is -2.66. The standard InChI is InChI=1S/C49H74Cl2N2O10S/c1-11-33(44(56)57)37-17-14-26(4)42(60-37)30(8)40(54)29(7)41(55)34(12-2)43-27(5)24-28(6)48(61-43)21-18-38(53-45(64)52-32-15-16-35(50)36(51)25-32)49(63-48)23-22-46(10,62-49)39-19-20-47(58,13-3)31(9)59-39/h15-16,18,21,25-31,33-34,37-40,42-43,54,58H,11-14,17,19-20,22-24H2,1-10H3,(H,56,57)(H2,52,53,64)/t26-,27-,28+,29-,30-,31-,33+,34?,37+,38?,39+,40+,42+,43-,46-,47+,48-,49-/m0/s1. The molecule has 4 saturated heterocycles. The molecule has 2 unspecified atom stereocenters. The fourth-order valence-corrected chi connectivity index (χ4v) is 12.1. The van der Waals surface area contributed by atoms with Crippen molar-refractivity contribution in [2.24, 2.45) is 41.4 Å². The van der Waals surface area contributed by atoms with Crippen molar-refractivity contribution < 1.29 is 48.6 Å². The van der Waals surface area contributed by atoms with E-state index in [-0.39, 0.29) is 35.7 Å². The maximum absolute atomic E-state index is 14.7. The molecule has 5 aliphatic heterocycles. The molecule has 2 spiro atoms. The number of carbonyl (C=O) groups excluding carboxylic acids is 1. The minimum Gasteiger partial charge on any atom is -0.481 e. The summed E-state index contributed by atoms with van der Waals surface area (Å²) in [6, 6.07) is 4.61. The predicted octanol–water partition coefficient (Wildman–Crippen LogP) is 9.49. The van der Waals surface area contributed by atoms with Crippen molar-refractivity contribution in [2.75, 3.05) is 5.32 Å². The second-order valence-corrected chi connectivity index (χ2v) is 21.4. The van der Waals surface area contributed by atoms with Crippen LogP contribution < -0.4 is 10.6 Å². The Morgan fingerprint density at radius 1 is 0.922 bits per heavy atom. The number of hydrogen-bond donors (Lipinski definition) is 5. The molecule has 0 bridgehead atoms. The number of Topliss-reactive ketones (excluding diaryl/α,β-unsaturated/α-hetero) is 1. The Morgan fingerprint density at radius 2 is 1.62 bits per heavy atom. The van der Waals surface area contributed by atoms with Crippen LogP contribution in [0.3, 0.4) is 0 Å². The number of aliphatic hydroxyl groups is 2. The highest BCUT2D eigenvalue weighted by Gasteiger charge is 2.63. The molecule has 4 fully saturated rings. The van der Waals surface area contributed by atoms with Crippen molar-refractivity contribution in [3.63, 3.8) is 0 Å². The zero-order valence-corrected chi connectivity index (χ0v) is 41.7. The smallest absolute Gasteiger partial charge is 0.309 e. The van der Waals surface area contributed by atoms with E-state index in [0.29, 0.717) is 78.6 Å². The van der Waals surface area contributed by atoms with E-state index in [1.54, 1.807) is 25.1 Å². The molecule has 360 valence electrons. The average molecular weight is 954 g/mol. The minimum absolute atomic E-state index is 0.0169. The van der Waals surface area contributed by atoms with Gasteiger partial charge >= 0.3 is 5.97 Å². The number of anilines is 1. The highest BCUT2D eigenvalue weighted by Crippen LogP contribution is 2.54. The van der Waals surface area contributed by atoms with E-state index >= 15 is 0 Å². The molecule has 6 rings (SSSR count). The van der Waals surface area contributed by atoms with Gasteiger partial charge in [-0.25, -0.2) is 0 Å². The van der Waals surface area contributed by atoms with Gasteiger partial charge in [0.25, 0.3) is 0 Å². The molecule has 64 heavy (non-hydrogen) atoms. The third-order valence-corrected chi connectivity index (χ3v) is 16.9. The Kier molecular flexibility index (Phi) is 16.4. The molecular weight excluding hydrogens is 880 g/mol. The lowest BCUT2D eigenvalue weighted by molar-refractivity contribution is -0.397. The van der Waals surface area contributed by atoms with Crippen LogP contribution in [0.4, 0.5) is 5.69 Å². The van der Waals surface area contributed by atoms with E-state index in [9.17, 15) is 24.9 Å². The summed E-state index contributed by atoms with van der Waals surface area (Å²) in [4.78, 5) is 26.8. The summed E-state index contributed by atoms with van der Waals surface area (Å²) in [5.74, 6) is -5.91. The van der Waals surface area contributed by atoms with Gasteiger partial charge in [0.1, 0.15) is 11.8 Å². The van der Waals surface area contributed by atoms with Gasteiger partial charge in [-0.15, -0.1) is 0 Å². The molecular formula is C49H74Cl2N2O10S. The van der Waals surface area contributed by atoms with Crippen LogP contribution in [0, 0.1) is 41.4 Å². The first-order valence-corrected chi connectivity index (χ1v) is 25.0. The number of aliphatic hydroxyl groups excluding tert-OH is 1. The number of hydrogen-bond acceptors (Lipinski definition) is 10. The van der Waals surface area contributed by atoms with E-state index in [0.717, 1.165) is 6.42 Å². The topological polar surface area (TPSA) is 165 Å². The van der Waals surface area contributed by atoms with Gasteiger partial charge in [-0.2, -0.15) is 0 Å². The number of rotatable bonds is 14. The highest BCUT2D eigenvalue weighted by atomic mass is 35.5. The molecule has 5 N–H and O–H groups in total. The first kappa shape index (κ1) is 51.5. The number of carboxylic acid groups (broad SMARTS) is 1. The Labute approximate surface area is 396 Å². The average Bonchev–Trinajstić information content (AvgIpc) is 3.59. The van der Waals surface area contributed by atoms with Gasteiger partial charge in [0.15, 0.2) is 16.7 Å². The SMILES string of the molecule is CCC(C(=O)[C@@H](C)[C@@H](O)[C@H](C)[C@@H]1O[C@@H]([C@@H](CC)C(=O)O)CC[C@@H]1C)[C@H]1O[C@]2(C=CC(NC(=S)Nc3ccc(Cl)c(Cl)c3)[C@]3(CC[C@@](C)([C@H]4CC[C@](O)(CC)[C@H](C)O4)O3)O2)[C@H](C)C[C@@H]1C. The summed E-state index contributed by atoms with van der Waals surface area (Å²) in [6.07, 6.45) is 6.77. The van der Waals surface area contributed by atoms with Crippen LogP contribution in [0.2, 0.25) is 10.0 Å². The van der Waals surface area contributed by atoms with E-state index in [1.807, 2.05) is 46.8 Å². The number of carbonyl (C=O) groups is 2. The maximum atomic E-state index is 14.7. The van der Waals surface area contributed by atoms with Gasteiger partial charge in [-0.3, -0.25) is 9.59 Å². The third-order valence-electron chi connectivity index (χ3n) is 15.9. The second kappa shape index (κ2) is 20.4. The lowest BCUT2D eigenvalue weighted by Gasteiger charge is -2.55.